The van der Waals surface area contributed by atoms with Gasteiger partial charge in [-0.2, -0.15) is 5.10 Å². The van der Waals surface area contributed by atoms with Crippen LogP contribution in [0.1, 0.15) is 30.1 Å². The summed E-state index contributed by atoms with van der Waals surface area (Å²) in [4.78, 5) is 0. The van der Waals surface area contributed by atoms with Gasteiger partial charge >= 0.3 is 0 Å². The molecule has 0 aliphatic heterocycles. The smallest absolute Gasteiger partial charge is 0.0538 e. The van der Waals surface area contributed by atoms with Crippen LogP contribution in [0.4, 0.5) is 0 Å². The lowest BCUT2D eigenvalue weighted by atomic mass is 9.99. The zero-order valence-corrected chi connectivity index (χ0v) is 6.30. The second-order valence-electron chi connectivity index (χ2n) is 3.82. The molecule has 0 bridgehead atoms. The fraction of sp³-hybridized carbons (Fsp3) is 0.625. The molecule has 58 valence electrons. The zero-order chi connectivity index (χ0) is 7.47. The van der Waals surface area contributed by atoms with Gasteiger partial charge in [0.15, 0.2) is 0 Å². The molecule has 0 amide bonds. The highest BCUT2D eigenvalue weighted by Crippen LogP contribution is 2.60. The van der Waals surface area contributed by atoms with Crippen LogP contribution in [0.25, 0.3) is 0 Å². The van der Waals surface area contributed by atoms with Crippen molar-refractivity contribution < 1.29 is 0 Å². The van der Waals surface area contributed by atoms with Crippen molar-refractivity contribution in [3.05, 3.63) is 17.5 Å². The van der Waals surface area contributed by atoms with Crippen molar-refractivity contribution in [3.63, 3.8) is 0 Å². The van der Waals surface area contributed by atoms with Crippen LogP contribution in [0, 0.1) is 5.41 Å². The summed E-state index contributed by atoms with van der Waals surface area (Å²) in [6.45, 7) is 0. The summed E-state index contributed by atoms with van der Waals surface area (Å²) in [7, 11) is 0. The molecule has 3 rings (SSSR count). The Labute approximate surface area is 65.0 Å². The Morgan fingerprint density at radius 2 is 2.45 bits per heavy atom. The fourth-order valence-electron chi connectivity index (χ4n) is 2.17. The van der Waals surface area contributed by atoms with Gasteiger partial charge in [-0.05, 0) is 24.7 Å². The molecule has 3 heteroatoms. The molecule has 11 heavy (non-hydrogen) atoms. The van der Waals surface area contributed by atoms with Crippen LogP contribution in [0.15, 0.2) is 6.20 Å². The fourth-order valence-corrected chi connectivity index (χ4v) is 2.17. The average Bonchev–Trinajstić information content (AvgIpc) is 2.53. The van der Waals surface area contributed by atoms with Gasteiger partial charge in [0, 0.05) is 17.3 Å². The normalized spacial score (nSPS) is 30.8. The maximum absolute atomic E-state index is 6.07. The first kappa shape index (κ1) is 5.77. The quantitative estimate of drug-likeness (QED) is 0.571. The van der Waals surface area contributed by atoms with Gasteiger partial charge < -0.3 is 5.73 Å². The molecule has 1 saturated carbocycles. The third-order valence-electron chi connectivity index (χ3n) is 3.17. The van der Waals surface area contributed by atoms with Crippen LogP contribution in [0.3, 0.4) is 0 Å². The lowest BCUT2D eigenvalue weighted by Crippen LogP contribution is -2.17. The minimum absolute atomic E-state index is 0.260. The van der Waals surface area contributed by atoms with Crippen molar-refractivity contribution in [2.45, 2.75) is 25.3 Å². The highest BCUT2D eigenvalue weighted by molar-refractivity contribution is 5.34. The van der Waals surface area contributed by atoms with E-state index in [1.54, 1.807) is 0 Å². The number of nitrogens with two attached hydrogens (primary N) is 1. The van der Waals surface area contributed by atoms with Gasteiger partial charge in [0.1, 0.15) is 0 Å². The lowest BCUT2D eigenvalue weighted by molar-refractivity contribution is 0.442. The topological polar surface area (TPSA) is 54.7 Å². The number of aromatic nitrogens is 2. The van der Waals surface area contributed by atoms with E-state index in [1.165, 1.54) is 24.1 Å². The van der Waals surface area contributed by atoms with E-state index in [0.717, 1.165) is 6.42 Å². The molecule has 3 N–H and O–H groups in total. The van der Waals surface area contributed by atoms with Crippen molar-refractivity contribution in [3.8, 4) is 0 Å². The highest BCUT2D eigenvalue weighted by Gasteiger charge is 2.53. The number of hydrogen-bond donors (Lipinski definition) is 2. The highest BCUT2D eigenvalue weighted by atomic mass is 15.1. The molecule has 3 nitrogen and oxygen atoms in total. The van der Waals surface area contributed by atoms with Crippen LogP contribution < -0.4 is 5.73 Å². The maximum Gasteiger partial charge on any atom is 0.0538 e. The summed E-state index contributed by atoms with van der Waals surface area (Å²) in [5.41, 5.74) is 9.05. The molecule has 0 radical (unpaired) electrons. The number of fused-ring (bicyclic) bond motifs is 1. The Morgan fingerprint density at radius 3 is 3.09 bits per heavy atom. The second-order valence-corrected chi connectivity index (χ2v) is 3.82. The summed E-state index contributed by atoms with van der Waals surface area (Å²) >= 11 is 0. The predicted octanol–water partition coefficient (Wildman–Crippen LogP) is 0.746. The molecule has 1 atom stereocenters. The van der Waals surface area contributed by atoms with Crippen molar-refractivity contribution in [2.75, 3.05) is 0 Å². The predicted molar refractivity (Wildman–Crippen MR) is 40.9 cm³/mol. The lowest BCUT2D eigenvalue weighted by Gasteiger charge is -2.11. The number of nitrogens with one attached hydrogen (secondary N) is 1. The number of H-pyrrole nitrogens is 1. The first-order valence-electron chi connectivity index (χ1n) is 4.10. The van der Waals surface area contributed by atoms with Gasteiger partial charge in [0.05, 0.1) is 6.20 Å². The largest absolute Gasteiger partial charge is 0.323 e. The van der Waals surface area contributed by atoms with Crippen molar-refractivity contribution in [1.29, 1.82) is 0 Å². The summed E-state index contributed by atoms with van der Waals surface area (Å²) in [6, 6.07) is 0.260. The summed E-state index contributed by atoms with van der Waals surface area (Å²) < 4.78 is 0. The molecule has 1 fully saturated rings. The first-order valence-corrected chi connectivity index (χ1v) is 4.10. The molecule has 1 unspecified atom stereocenters. The molecule has 1 aromatic heterocycles. The molecule has 1 spiro atoms. The Balaban J connectivity index is 2.12. The van der Waals surface area contributed by atoms with Crippen molar-refractivity contribution in [1.82, 2.24) is 10.2 Å². The Hall–Kier alpha value is -0.830. The van der Waals surface area contributed by atoms with Gasteiger partial charge in [0.2, 0.25) is 0 Å². The van der Waals surface area contributed by atoms with E-state index in [0.29, 0.717) is 5.41 Å². The van der Waals surface area contributed by atoms with E-state index >= 15 is 0 Å². The molecule has 1 aromatic rings. The summed E-state index contributed by atoms with van der Waals surface area (Å²) in [5.74, 6) is 0. The van der Waals surface area contributed by atoms with Crippen LogP contribution in [0.5, 0.6) is 0 Å². The molecule has 1 heterocycles. The van der Waals surface area contributed by atoms with E-state index in [4.69, 9.17) is 5.73 Å². The van der Waals surface area contributed by atoms with Gasteiger partial charge in [-0.25, -0.2) is 0 Å². The number of nitrogens with zero attached hydrogens (tertiary/aromatic N) is 1. The Kier molecular flexibility index (Phi) is 0.790. The summed E-state index contributed by atoms with van der Waals surface area (Å²) in [6.07, 6.45) is 5.62. The Morgan fingerprint density at radius 1 is 1.64 bits per heavy atom. The number of aromatic amines is 1. The third kappa shape index (κ3) is 0.554. The first-order chi connectivity index (χ1) is 5.32. The standard InChI is InChI=1S/C8H11N3/c9-7-5-4-10-11-6(5)3-8(7)1-2-8/h4,7H,1-3,9H2,(H,10,11). The molecule has 2 aliphatic rings. The van der Waals surface area contributed by atoms with Crippen LogP contribution in [0.2, 0.25) is 0 Å². The number of hydrogen-bond acceptors (Lipinski definition) is 2. The number of rotatable bonds is 0. The van der Waals surface area contributed by atoms with Crippen LogP contribution in [-0.2, 0) is 6.42 Å². The minimum atomic E-state index is 0.260. The van der Waals surface area contributed by atoms with Gasteiger partial charge in [-0.3, -0.25) is 5.10 Å². The third-order valence-corrected chi connectivity index (χ3v) is 3.17. The van der Waals surface area contributed by atoms with E-state index in [-0.39, 0.29) is 6.04 Å². The summed E-state index contributed by atoms with van der Waals surface area (Å²) in [5, 5.41) is 7.00. The second kappa shape index (κ2) is 1.50. The SMILES string of the molecule is NC1c2cn[nH]c2CC12CC2. The van der Waals surface area contributed by atoms with Gasteiger partial charge in [-0.1, -0.05) is 0 Å². The van der Waals surface area contributed by atoms with E-state index in [9.17, 15) is 0 Å². The monoisotopic (exact) mass is 149 g/mol. The van der Waals surface area contributed by atoms with Gasteiger partial charge in [-0.15, -0.1) is 0 Å². The average molecular weight is 149 g/mol. The molecule has 0 saturated heterocycles. The van der Waals surface area contributed by atoms with E-state index in [2.05, 4.69) is 10.2 Å². The van der Waals surface area contributed by atoms with Gasteiger partial charge in [0.25, 0.3) is 0 Å². The molecular formula is C8H11N3. The molecule has 2 aliphatic carbocycles. The van der Waals surface area contributed by atoms with E-state index < -0.39 is 0 Å². The zero-order valence-electron chi connectivity index (χ0n) is 6.30. The molecule has 0 aromatic carbocycles. The maximum atomic E-state index is 6.07. The van der Waals surface area contributed by atoms with Crippen LogP contribution in [-0.4, -0.2) is 10.2 Å². The molecular weight excluding hydrogens is 138 g/mol. The van der Waals surface area contributed by atoms with Crippen LogP contribution >= 0.6 is 0 Å². The van der Waals surface area contributed by atoms with E-state index in [1.807, 2.05) is 6.20 Å². The minimum Gasteiger partial charge on any atom is -0.323 e. The van der Waals surface area contributed by atoms with Crippen molar-refractivity contribution >= 4 is 0 Å². The Bertz CT molecular complexity index is 298. The van der Waals surface area contributed by atoms with Crippen molar-refractivity contribution in [2.24, 2.45) is 11.1 Å².